The zero-order chi connectivity index (χ0) is 44.4. The van der Waals surface area contributed by atoms with Gasteiger partial charge in [0.1, 0.15) is 31.0 Å². The van der Waals surface area contributed by atoms with E-state index in [-0.39, 0.29) is 26.1 Å². The average molecular weight is 859 g/mol. The van der Waals surface area contributed by atoms with Crippen LogP contribution in [0.1, 0.15) is 181 Å². The molecule has 1 saturated heterocycles. The SMILES string of the molecule is CC/C=C\C/C=C\C/C=C\CCCCCCCCCC(=O)OCC(COC1OC(CO)C(O)C(O)C1O)OC(=O)CCCCCCCC/C=C\C/C=C\C/C=C\CCCCC. The lowest BCUT2D eigenvalue weighted by Crippen LogP contribution is -2.59. The van der Waals surface area contributed by atoms with Gasteiger partial charge in [-0.15, -0.1) is 0 Å². The van der Waals surface area contributed by atoms with E-state index >= 15 is 0 Å². The third kappa shape index (κ3) is 32.5. The molecule has 1 aliphatic rings. The highest BCUT2D eigenvalue weighted by Crippen LogP contribution is 2.22. The number of hydrogen-bond donors (Lipinski definition) is 4. The minimum atomic E-state index is -1.60. The maximum absolute atomic E-state index is 12.8. The van der Waals surface area contributed by atoms with E-state index in [1.165, 1.54) is 44.9 Å². The topological polar surface area (TPSA) is 152 Å². The van der Waals surface area contributed by atoms with Gasteiger partial charge in [0.15, 0.2) is 12.4 Å². The first-order valence-corrected chi connectivity index (χ1v) is 24.0. The number of carbonyl (C=O) groups is 2. The van der Waals surface area contributed by atoms with Crippen LogP contribution >= 0.6 is 0 Å². The molecule has 1 rings (SSSR count). The van der Waals surface area contributed by atoms with Gasteiger partial charge in [0.05, 0.1) is 13.2 Å². The Kier molecular flexibility index (Phi) is 37.9. The summed E-state index contributed by atoms with van der Waals surface area (Å²) in [6, 6.07) is 0. The molecule has 0 amide bonds. The molecule has 0 spiro atoms. The van der Waals surface area contributed by atoms with Crippen LogP contribution in [-0.4, -0.2) is 89.0 Å². The van der Waals surface area contributed by atoms with Gasteiger partial charge in [-0.05, 0) is 83.5 Å². The fraction of sp³-hybridized carbons (Fsp3) is 0.725. The van der Waals surface area contributed by atoms with Crippen LogP contribution in [0.25, 0.3) is 0 Å². The second kappa shape index (κ2) is 41.2. The fourth-order valence-corrected chi connectivity index (χ4v) is 6.80. The second-order valence-corrected chi connectivity index (χ2v) is 16.2. The Labute approximate surface area is 370 Å². The maximum atomic E-state index is 12.8. The van der Waals surface area contributed by atoms with Crippen molar-refractivity contribution in [2.24, 2.45) is 0 Å². The monoisotopic (exact) mass is 859 g/mol. The molecule has 4 N–H and O–H groups in total. The van der Waals surface area contributed by atoms with Gasteiger partial charge in [-0.1, -0.05) is 157 Å². The lowest BCUT2D eigenvalue weighted by atomic mass is 9.99. The smallest absolute Gasteiger partial charge is 0.306 e. The molecule has 0 aliphatic carbocycles. The highest BCUT2D eigenvalue weighted by Gasteiger charge is 2.44. The third-order valence-electron chi connectivity index (χ3n) is 10.6. The summed E-state index contributed by atoms with van der Waals surface area (Å²) < 4.78 is 22.2. The van der Waals surface area contributed by atoms with E-state index in [2.05, 4.69) is 86.8 Å². The predicted molar refractivity (Wildman–Crippen MR) is 247 cm³/mol. The van der Waals surface area contributed by atoms with Crippen LogP contribution in [0, 0.1) is 0 Å². The van der Waals surface area contributed by atoms with Crippen LogP contribution in [0.5, 0.6) is 0 Å². The van der Waals surface area contributed by atoms with Crippen molar-refractivity contribution in [3.05, 3.63) is 72.9 Å². The predicted octanol–water partition coefficient (Wildman–Crippen LogP) is 10.8. The van der Waals surface area contributed by atoms with Crippen LogP contribution in [0.15, 0.2) is 72.9 Å². The molecule has 10 heteroatoms. The van der Waals surface area contributed by atoms with Gasteiger partial charge in [-0.25, -0.2) is 0 Å². The first-order chi connectivity index (χ1) is 29.8. The molecule has 6 atom stereocenters. The molecule has 1 aliphatic heterocycles. The summed E-state index contributed by atoms with van der Waals surface area (Å²) in [5.41, 5.74) is 0. The highest BCUT2D eigenvalue weighted by molar-refractivity contribution is 5.70. The number of carbonyl (C=O) groups excluding carboxylic acids is 2. The molecule has 350 valence electrons. The normalized spacial score (nSPS) is 20.4. The van der Waals surface area contributed by atoms with Gasteiger partial charge in [0.25, 0.3) is 0 Å². The summed E-state index contributed by atoms with van der Waals surface area (Å²) in [6.07, 6.45) is 44.7. The Morgan fingerprint density at radius 2 is 0.967 bits per heavy atom. The highest BCUT2D eigenvalue weighted by atomic mass is 16.7. The van der Waals surface area contributed by atoms with Crippen molar-refractivity contribution in [2.45, 2.75) is 218 Å². The molecule has 61 heavy (non-hydrogen) atoms. The van der Waals surface area contributed by atoms with Crippen molar-refractivity contribution >= 4 is 11.9 Å². The molecule has 0 aromatic rings. The quantitative estimate of drug-likeness (QED) is 0.0267. The second-order valence-electron chi connectivity index (χ2n) is 16.2. The van der Waals surface area contributed by atoms with Crippen LogP contribution in [-0.2, 0) is 28.5 Å². The molecule has 0 radical (unpaired) electrons. The Morgan fingerprint density at radius 1 is 0.525 bits per heavy atom. The van der Waals surface area contributed by atoms with E-state index in [4.69, 9.17) is 18.9 Å². The largest absolute Gasteiger partial charge is 0.462 e. The number of esters is 2. The van der Waals surface area contributed by atoms with Crippen molar-refractivity contribution in [1.29, 1.82) is 0 Å². The molecule has 1 heterocycles. The zero-order valence-corrected chi connectivity index (χ0v) is 38.1. The molecule has 0 saturated carbocycles. The van der Waals surface area contributed by atoms with E-state index in [0.717, 1.165) is 96.3 Å². The number of allylic oxidation sites excluding steroid dienone is 12. The minimum absolute atomic E-state index is 0.209. The number of rotatable bonds is 39. The third-order valence-corrected chi connectivity index (χ3v) is 10.6. The summed E-state index contributed by atoms with van der Waals surface area (Å²) >= 11 is 0. The molecule has 0 aromatic heterocycles. The van der Waals surface area contributed by atoms with Gasteiger partial charge in [-0.2, -0.15) is 0 Å². The summed E-state index contributed by atoms with van der Waals surface area (Å²) in [6.45, 7) is 3.26. The fourth-order valence-electron chi connectivity index (χ4n) is 6.80. The van der Waals surface area contributed by atoms with Crippen molar-refractivity contribution in [3.8, 4) is 0 Å². The summed E-state index contributed by atoms with van der Waals surface area (Å²) in [4.78, 5) is 25.4. The summed E-state index contributed by atoms with van der Waals surface area (Å²) in [5, 5.41) is 40.1. The molecule has 6 unspecified atom stereocenters. The lowest BCUT2D eigenvalue weighted by Gasteiger charge is -2.39. The number of ether oxygens (including phenoxy) is 4. The van der Waals surface area contributed by atoms with E-state index in [1.807, 2.05) is 0 Å². The van der Waals surface area contributed by atoms with Gasteiger partial charge in [-0.3, -0.25) is 9.59 Å². The zero-order valence-electron chi connectivity index (χ0n) is 38.1. The Bertz CT molecular complexity index is 1220. The van der Waals surface area contributed by atoms with Crippen LogP contribution in [0.3, 0.4) is 0 Å². The standard InChI is InChI=1S/C51H86O10/c1-3-5-7-9-11-13-15-17-19-21-22-24-26-28-30-32-34-36-38-40-47(54)60-44(43-59-51-50(57)49(56)48(55)45(41-52)61-51)42-58-46(53)39-37-35-33-31-29-27-25-23-20-18-16-14-12-10-8-6-4-2/h6,8,11-14,17-20,22,24,44-45,48-52,55-57H,3-5,7,9-10,15-16,21,23,25-43H2,1-2H3/b8-6-,13-11-,14-12-,19-17-,20-18-,24-22-. The number of aliphatic hydroxyl groups is 4. The Morgan fingerprint density at radius 3 is 1.46 bits per heavy atom. The maximum Gasteiger partial charge on any atom is 0.306 e. The van der Waals surface area contributed by atoms with Crippen LogP contribution in [0.4, 0.5) is 0 Å². The molecule has 1 fully saturated rings. The average Bonchev–Trinajstić information content (AvgIpc) is 3.26. The molecule has 10 nitrogen and oxygen atoms in total. The van der Waals surface area contributed by atoms with Gasteiger partial charge in [0.2, 0.25) is 0 Å². The van der Waals surface area contributed by atoms with Crippen LogP contribution < -0.4 is 0 Å². The van der Waals surface area contributed by atoms with Gasteiger partial charge < -0.3 is 39.4 Å². The summed E-state index contributed by atoms with van der Waals surface area (Å²) in [7, 11) is 0. The Hall–Kier alpha value is -2.86. The van der Waals surface area contributed by atoms with Crippen LogP contribution in [0.2, 0.25) is 0 Å². The summed E-state index contributed by atoms with van der Waals surface area (Å²) in [5.74, 6) is -0.837. The van der Waals surface area contributed by atoms with Crippen molar-refractivity contribution < 1.29 is 49.0 Å². The van der Waals surface area contributed by atoms with Gasteiger partial charge >= 0.3 is 11.9 Å². The van der Waals surface area contributed by atoms with Crippen molar-refractivity contribution in [2.75, 3.05) is 19.8 Å². The Balaban J connectivity index is 2.32. The molecule has 0 aromatic carbocycles. The number of hydrogen-bond acceptors (Lipinski definition) is 10. The van der Waals surface area contributed by atoms with Crippen molar-refractivity contribution in [1.82, 2.24) is 0 Å². The first kappa shape index (κ1) is 56.2. The van der Waals surface area contributed by atoms with Gasteiger partial charge in [0, 0.05) is 12.8 Å². The molecular weight excluding hydrogens is 773 g/mol. The number of aliphatic hydroxyl groups excluding tert-OH is 4. The molecular formula is C51H86O10. The first-order valence-electron chi connectivity index (χ1n) is 24.0. The van der Waals surface area contributed by atoms with E-state index in [9.17, 15) is 30.0 Å². The van der Waals surface area contributed by atoms with Crippen molar-refractivity contribution in [3.63, 3.8) is 0 Å². The molecule has 0 bridgehead atoms. The lowest BCUT2D eigenvalue weighted by molar-refractivity contribution is -0.305. The van der Waals surface area contributed by atoms with E-state index in [0.29, 0.717) is 12.8 Å². The minimum Gasteiger partial charge on any atom is -0.462 e. The number of unbranched alkanes of at least 4 members (excludes halogenated alkanes) is 16. The van der Waals surface area contributed by atoms with E-state index < -0.39 is 55.4 Å². The van der Waals surface area contributed by atoms with E-state index in [1.54, 1.807) is 0 Å².